The minimum atomic E-state index is -3.02. The molecule has 40 heavy (non-hydrogen) atoms. The summed E-state index contributed by atoms with van der Waals surface area (Å²) in [6, 6.07) is 16.3. The van der Waals surface area contributed by atoms with Gasteiger partial charge in [0.1, 0.15) is 12.4 Å². The minimum Gasteiger partial charge on any atom is -0.487 e. The fraction of sp³-hybridized carbons (Fsp3) is 0.286. The minimum absolute atomic E-state index is 0.00643. The summed E-state index contributed by atoms with van der Waals surface area (Å²) in [6.07, 6.45) is 1.39. The standard InChI is InChI=1S/C28H28F2N4O5S/c1-19-22(31-14-13-24(19)39-18-28(2,29)30)17-40(37)26-32-21-11-7-8-12-23(21)34(26)27(36)33(3)15-16-38-25(35)20-9-5-4-6-10-20/h4-14H,15-18H2,1-3H3/t40-/m1/s1. The van der Waals surface area contributed by atoms with Crippen molar-refractivity contribution < 1.29 is 32.1 Å². The van der Waals surface area contributed by atoms with Gasteiger partial charge in [-0.1, -0.05) is 30.3 Å². The molecule has 0 saturated heterocycles. The molecule has 0 bridgehead atoms. The molecule has 0 aliphatic carbocycles. The molecule has 2 aromatic heterocycles. The van der Waals surface area contributed by atoms with Crippen molar-refractivity contribution in [2.45, 2.75) is 30.7 Å². The van der Waals surface area contributed by atoms with Gasteiger partial charge < -0.3 is 14.4 Å². The van der Waals surface area contributed by atoms with E-state index in [0.29, 0.717) is 27.9 Å². The van der Waals surface area contributed by atoms with Gasteiger partial charge in [-0.3, -0.25) is 9.19 Å². The van der Waals surface area contributed by atoms with Crippen LogP contribution in [0.2, 0.25) is 0 Å². The predicted octanol–water partition coefficient (Wildman–Crippen LogP) is 4.84. The van der Waals surface area contributed by atoms with Crippen molar-refractivity contribution in [2.24, 2.45) is 0 Å². The second-order valence-corrected chi connectivity index (χ2v) is 10.5. The van der Waals surface area contributed by atoms with Gasteiger partial charge in [0, 0.05) is 25.7 Å². The topological polar surface area (TPSA) is 104 Å². The smallest absolute Gasteiger partial charge is 0.338 e. The van der Waals surface area contributed by atoms with Crippen LogP contribution in [-0.4, -0.2) is 68.4 Å². The van der Waals surface area contributed by atoms with Crippen molar-refractivity contribution in [3.05, 3.63) is 83.7 Å². The number of benzene rings is 2. The number of fused-ring (bicyclic) bond motifs is 1. The van der Waals surface area contributed by atoms with Crippen LogP contribution in [0.1, 0.15) is 28.5 Å². The van der Waals surface area contributed by atoms with E-state index in [1.807, 2.05) is 0 Å². The van der Waals surface area contributed by atoms with Crippen LogP contribution < -0.4 is 4.74 Å². The van der Waals surface area contributed by atoms with Gasteiger partial charge in [0.25, 0.3) is 5.92 Å². The number of hydrogen-bond acceptors (Lipinski definition) is 7. The maximum atomic E-state index is 13.6. The monoisotopic (exact) mass is 570 g/mol. The molecule has 0 aliphatic heterocycles. The molecule has 1 amide bonds. The van der Waals surface area contributed by atoms with Gasteiger partial charge in [0.2, 0.25) is 5.16 Å². The molecule has 0 saturated carbocycles. The van der Waals surface area contributed by atoms with Crippen molar-refractivity contribution >= 4 is 33.8 Å². The zero-order valence-corrected chi connectivity index (χ0v) is 23.0. The molecule has 0 spiro atoms. The zero-order valence-electron chi connectivity index (χ0n) is 22.2. The molecular formula is C28H28F2N4O5S. The van der Waals surface area contributed by atoms with Crippen LogP contribution in [0, 0.1) is 6.92 Å². The number of likely N-dealkylation sites (N-methyl/N-ethyl adjacent to an activating group) is 1. The molecule has 0 unspecified atom stereocenters. The van der Waals surface area contributed by atoms with E-state index in [1.165, 1.54) is 28.8 Å². The number of esters is 1. The number of halogens is 2. The van der Waals surface area contributed by atoms with E-state index in [9.17, 15) is 22.6 Å². The molecule has 0 radical (unpaired) electrons. The number of carbonyl (C=O) groups excluding carboxylic acids is 2. The summed E-state index contributed by atoms with van der Waals surface area (Å²) in [6.45, 7) is 1.62. The molecule has 210 valence electrons. The quantitative estimate of drug-likeness (QED) is 0.252. The lowest BCUT2D eigenvalue weighted by Crippen LogP contribution is -2.35. The number of rotatable bonds is 10. The van der Waals surface area contributed by atoms with Crippen molar-refractivity contribution in [3.63, 3.8) is 0 Å². The molecule has 9 nitrogen and oxygen atoms in total. The Morgan fingerprint density at radius 1 is 1.07 bits per heavy atom. The van der Waals surface area contributed by atoms with Crippen LogP contribution in [0.25, 0.3) is 11.0 Å². The number of aromatic nitrogens is 3. The van der Waals surface area contributed by atoms with E-state index >= 15 is 0 Å². The number of amides is 1. The first kappa shape index (κ1) is 28.8. The van der Waals surface area contributed by atoms with E-state index in [0.717, 1.165) is 6.92 Å². The Labute approximate surface area is 232 Å². The number of para-hydroxylation sites is 2. The second kappa shape index (κ2) is 12.3. The van der Waals surface area contributed by atoms with Crippen LogP contribution >= 0.6 is 0 Å². The van der Waals surface area contributed by atoms with Crippen LogP contribution in [0.5, 0.6) is 5.75 Å². The number of pyridine rings is 1. The summed E-state index contributed by atoms with van der Waals surface area (Å²) >= 11 is 0. The average Bonchev–Trinajstić information content (AvgIpc) is 3.32. The van der Waals surface area contributed by atoms with Gasteiger partial charge in [-0.05, 0) is 37.3 Å². The third-order valence-corrected chi connectivity index (χ3v) is 7.15. The summed E-state index contributed by atoms with van der Waals surface area (Å²) in [7, 11) is -0.303. The Kier molecular flexibility index (Phi) is 8.88. The molecule has 12 heteroatoms. The summed E-state index contributed by atoms with van der Waals surface area (Å²) in [5.74, 6) is -3.44. The molecule has 2 aromatic carbocycles. The van der Waals surface area contributed by atoms with Gasteiger partial charge >= 0.3 is 12.0 Å². The SMILES string of the molecule is Cc1c(OCC(C)(F)F)ccnc1C[S@@](=O)c1nc2ccccc2n1C(=O)N(C)CCOC(=O)c1ccccc1. The van der Waals surface area contributed by atoms with E-state index in [1.54, 1.807) is 61.5 Å². The second-order valence-electron chi connectivity index (χ2n) is 9.15. The molecule has 0 fully saturated rings. The zero-order chi connectivity index (χ0) is 28.9. The molecule has 1 atom stereocenters. The Morgan fingerprint density at radius 3 is 2.50 bits per heavy atom. The molecular weight excluding hydrogens is 542 g/mol. The first-order valence-corrected chi connectivity index (χ1v) is 13.7. The Morgan fingerprint density at radius 2 is 1.77 bits per heavy atom. The lowest BCUT2D eigenvalue weighted by Gasteiger charge is -2.19. The Hall–Kier alpha value is -4.19. The maximum Gasteiger partial charge on any atom is 0.338 e. The highest BCUT2D eigenvalue weighted by Gasteiger charge is 2.26. The van der Waals surface area contributed by atoms with Gasteiger partial charge in [-0.15, -0.1) is 0 Å². The maximum absolute atomic E-state index is 13.6. The summed E-state index contributed by atoms with van der Waals surface area (Å²) in [5, 5.41) is 0.00643. The summed E-state index contributed by atoms with van der Waals surface area (Å²) in [4.78, 5) is 35.8. The van der Waals surface area contributed by atoms with Gasteiger partial charge in [0.15, 0.2) is 6.61 Å². The highest BCUT2D eigenvalue weighted by Crippen LogP contribution is 2.26. The third kappa shape index (κ3) is 6.87. The molecule has 0 N–H and O–H groups in total. The average molecular weight is 571 g/mol. The molecule has 2 heterocycles. The van der Waals surface area contributed by atoms with Crippen LogP contribution in [-0.2, 0) is 21.3 Å². The van der Waals surface area contributed by atoms with E-state index in [4.69, 9.17) is 9.47 Å². The number of alkyl halides is 2. The number of carbonyl (C=O) groups is 2. The first-order valence-electron chi connectivity index (χ1n) is 12.3. The fourth-order valence-corrected chi connectivity index (χ4v) is 5.04. The van der Waals surface area contributed by atoms with Crippen molar-refractivity contribution in [3.8, 4) is 5.75 Å². The fourth-order valence-electron chi connectivity index (χ4n) is 3.79. The summed E-state index contributed by atoms with van der Waals surface area (Å²) in [5.41, 5.74) is 2.15. The lowest BCUT2D eigenvalue weighted by atomic mass is 10.2. The number of hydrogen-bond donors (Lipinski definition) is 0. The van der Waals surface area contributed by atoms with Crippen molar-refractivity contribution in [1.29, 1.82) is 0 Å². The predicted molar refractivity (Wildman–Crippen MR) is 145 cm³/mol. The molecule has 4 rings (SSSR count). The largest absolute Gasteiger partial charge is 0.487 e. The first-order chi connectivity index (χ1) is 19.0. The molecule has 0 aliphatic rings. The number of imidazole rings is 1. The highest BCUT2D eigenvalue weighted by molar-refractivity contribution is 7.84. The number of nitrogens with zero attached hydrogens (tertiary/aromatic N) is 4. The Balaban J connectivity index is 1.52. The van der Waals surface area contributed by atoms with Crippen LogP contribution in [0.4, 0.5) is 13.6 Å². The molecule has 4 aromatic rings. The van der Waals surface area contributed by atoms with Gasteiger partial charge in [-0.2, -0.15) is 0 Å². The van der Waals surface area contributed by atoms with Crippen LogP contribution in [0.3, 0.4) is 0 Å². The normalized spacial score (nSPS) is 12.2. The highest BCUT2D eigenvalue weighted by atomic mass is 32.2. The Bertz CT molecular complexity index is 1540. The van der Waals surface area contributed by atoms with E-state index in [-0.39, 0.29) is 29.8 Å². The van der Waals surface area contributed by atoms with Crippen molar-refractivity contribution in [1.82, 2.24) is 19.4 Å². The van der Waals surface area contributed by atoms with Gasteiger partial charge in [0.05, 0.1) is 45.4 Å². The van der Waals surface area contributed by atoms with Crippen LogP contribution in [0.15, 0.2) is 72.0 Å². The van der Waals surface area contributed by atoms with E-state index < -0.39 is 35.3 Å². The summed E-state index contributed by atoms with van der Waals surface area (Å²) < 4.78 is 51.9. The lowest BCUT2D eigenvalue weighted by molar-refractivity contribution is -0.0231. The number of ether oxygens (including phenoxy) is 2. The van der Waals surface area contributed by atoms with Crippen molar-refractivity contribution in [2.75, 3.05) is 26.8 Å². The third-order valence-electron chi connectivity index (χ3n) is 5.93. The van der Waals surface area contributed by atoms with Gasteiger partial charge in [-0.25, -0.2) is 27.9 Å². The van der Waals surface area contributed by atoms with E-state index in [2.05, 4.69) is 9.97 Å².